The third-order valence-electron chi connectivity index (χ3n) is 3.08. The Morgan fingerprint density at radius 3 is 2.56 bits per heavy atom. The van der Waals surface area contributed by atoms with Gasteiger partial charge in [0.05, 0.1) is 0 Å². The third kappa shape index (κ3) is 6.69. The second kappa shape index (κ2) is 8.42. The van der Waals surface area contributed by atoms with Crippen molar-refractivity contribution in [3.05, 3.63) is 12.2 Å². The summed E-state index contributed by atoms with van der Waals surface area (Å²) in [5, 5.41) is 10.0. The van der Waals surface area contributed by atoms with Gasteiger partial charge in [-0.15, -0.1) is 5.92 Å². The smallest absolute Gasteiger partial charge is 0.125 e. The molecule has 0 heterocycles. The first-order valence-electron chi connectivity index (χ1n) is 6.32. The number of hydrogen-bond acceptors (Lipinski definition) is 1. The Bertz CT molecular complexity index is 252. The van der Waals surface area contributed by atoms with Crippen molar-refractivity contribution in [1.29, 1.82) is 0 Å². The summed E-state index contributed by atoms with van der Waals surface area (Å²) in [4.78, 5) is 0. The van der Waals surface area contributed by atoms with Gasteiger partial charge in [-0.25, -0.2) is 0 Å². The van der Waals surface area contributed by atoms with Crippen molar-refractivity contribution in [3.63, 3.8) is 0 Å². The van der Waals surface area contributed by atoms with Crippen LogP contribution in [-0.4, -0.2) is 10.7 Å². The minimum atomic E-state index is -0.821. The molecule has 0 spiro atoms. The standard InChI is InChI=1S/C15H26O/c1-5-7-8-9-10-11-12-14(3)15(4,16)13-6-2/h5,7,14,16H,8-12H2,1-4H3. The summed E-state index contributed by atoms with van der Waals surface area (Å²) >= 11 is 0. The molecule has 0 aromatic rings. The van der Waals surface area contributed by atoms with Crippen LogP contribution in [0.5, 0.6) is 0 Å². The minimum absolute atomic E-state index is 0.252. The highest BCUT2D eigenvalue weighted by atomic mass is 16.3. The molecule has 1 N–H and O–H groups in total. The van der Waals surface area contributed by atoms with Gasteiger partial charge >= 0.3 is 0 Å². The largest absolute Gasteiger partial charge is 0.378 e. The molecule has 0 saturated heterocycles. The van der Waals surface area contributed by atoms with Crippen molar-refractivity contribution in [2.75, 3.05) is 0 Å². The van der Waals surface area contributed by atoms with Gasteiger partial charge in [0.1, 0.15) is 5.60 Å². The first-order valence-corrected chi connectivity index (χ1v) is 6.32. The van der Waals surface area contributed by atoms with Crippen molar-refractivity contribution < 1.29 is 5.11 Å². The zero-order valence-electron chi connectivity index (χ0n) is 11.2. The molecule has 0 radical (unpaired) electrons. The summed E-state index contributed by atoms with van der Waals surface area (Å²) in [6.07, 6.45) is 10.2. The van der Waals surface area contributed by atoms with Gasteiger partial charge in [-0.2, -0.15) is 0 Å². The Hall–Kier alpha value is -0.740. The molecular formula is C15H26O. The van der Waals surface area contributed by atoms with E-state index in [1.165, 1.54) is 25.7 Å². The minimum Gasteiger partial charge on any atom is -0.378 e. The molecule has 0 aromatic heterocycles. The van der Waals surface area contributed by atoms with Gasteiger partial charge in [-0.3, -0.25) is 0 Å². The average molecular weight is 222 g/mol. The lowest BCUT2D eigenvalue weighted by atomic mass is 9.87. The second-order valence-electron chi connectivity index (χ2n) is 4.63. The van der Waals surface area contributed by atoms with Gasteiger partial charge in [0.15, 0.2) is 0 Å². The van der Waals surface area contributed by atoms with Crippen LogP contribution in [0.3, 0.4) is 0 Å². The van der Waals surface area contributed by atoms with Gasteiger partial charge in [-0.05, 0) is 46.0 Å². The van der Waals surface area contributed by atoms with Crippen LogP contribution in [0.2, 0.25) is 0 Å². The van der Waals surface area contributed by atoms with Crippen molar-refractivity contribution in [2.24, 2.45) is 5.92 Å². The summed E-state index contributed by atoms with van der Waals surface area (Å²) in [6, 6.07) is 0. The van der Waals surface area contributed by atoms with Crippen molar-refractivity contribution in [3.8, 4) is 11.8 Å². The maximum Gasteiger partial charge on any atom is 0.125 e. The fourth-order valence-electron chi connectivity index (χ4n) is 1.71. The van der Waals surface area contributed by atoms with Gasteiger partial charge in [0, 0.05) is 0 Å². The van der Waals surface area contributed by atoms with E-state index >= 15 is 0 Å². The molecule has 0 aliphatic rings. The van der Waals surface area contributed by atoms with Crippen LogP contribution in [0, 0.1) is 17.8 Å². The summed E-state index contributed by atoms with van der Waals surface area (Å²) in [7, 11) is 0. The average Bonchev–Trinajstić information content (AvgIpc) is 2.22. The Kier molecular flexibility index (Phi) is 8.03. The van der Waals surface area contributed by atoms with Crippen molar-refractivity contribution >= 4 is 0 Å². The molecular weight excluding hydrogens is 196 g/mol. The number of unbranched alkanes of at least 4 members (excludes halogenated alkanes) is 3. The lowest BCUT2D eigenvalue weighted by Gasteiger charge is -2.24. The summed E-state index contributed by atoms with van der Waals surface area (Å²) in [5.74, 6) is 5.93. The second-order valence-corrected chi connectivity index (χ2v) is 4.63. The Balaban J connectivity index is 3.71. The van der Waals surface area contributed by atoms with E-state index in [4.69, 9.17) is 0 Å². The highest BCUT2D eigenvalue weighted by Gasteiger charge is 2.24. The molecule has 1 nitrogen and oxygen atoms in total. The van der Waals surface area contributed by atoms with Crippen LogP contribution in [0.1, 0.15) is 59.8 Å². The first-order chi connectivity index (χ1) is 7.54. The lowest BCUT2D eigenvalue weighted by Crippen LogP contribution is -2.30. The van der Waals surface area contributed by atoms with E-state index in [1.54, 1.807) is 6.92 Å². The van der Waals surface area contributed by atoms with Gasteiger partial charge in [0.2, 0.25) is 0 Å². The van der Waals surface area contributed by atoms with E-state index in [0.717, 1.165) is 6.42 Å². The molecule has 0 fully saturated rings. The molecule has 0 rings (SSSR count). The summed E-state index contributed by atoms with van der Waals surface area (Å²) in [6.45, 7) is 7.73. The summed E-state index contributed by atoms with van der Waals surface area (Å²) in [5.41, 5.74) is -0.821. The number of rotatable bonds is 7. The first kappa shape index (κ1) is 15.3. The molecule has 0 aliphatic heterocycles. The topological polar surface area (TPSA) is 20.2 Å². The lowest BCUT2D eigenvalue weighted by molar-refractivity contribution is 0.0589. The molecule has 0 amide bonds. The normalized spacial score (nSPS) is 16.6. The molecule has 92 valence electrons. The maximum atomic E-state index is 10.0. The predicted molar refractivity (Wildman–Crippen MR) is 71.1 cm³/mol. The zero-order valence-corrected chi connectivity index (χ0v) is 11.2. The number of hydrogen-bond donors (Lipinski definition) is 1. The van der Waals surface area contributed by atoms with E-state index in [2.05, 4.69) is 37.8 Å². The van der Waals surface area contributed by atoms with E-state index in [9.17, 15) is 5.11 Å². The molecule has 2 unspecified atom stereocenters. The fraction of sp³-hybridized carbons (Fsp3) is 0.733. The Labute approximate surface area is 101 Å². The van der Waals surface area contributed by atoms with E-state index in [-0.39, 0.29) is 5.92 Å². The molecule has 16 heavy (non-hydrogen) atoms. The third-order valence-corrected chi connectivity index (χ3v) is 3.08. The fourth-order valence-corrected chi connectivity index (χ4v) is 1.71. The molecule has 0 saturated carbocycles. The van der Waals surface area contributed by atoms with Crippen LogP contribution in [-0.2, 0) is 0 Å². The molecule has 1 heteroatoms. The Morgan fingerprint density at radius 1 is 1.31 bits per heavy atom. The Morgan fingerprint density at radius 2 is 2.00 bits per heavy atom. The quantitative estimate of drug-likeness (QED) is 0.393. The number of allylic oxidation sites excluding steroid dienone is 2. The van der Waals surface area contributed by atoms with Crippen LogP contribution in [0.4, 0.5) is 0 Å². The monoisotopic (exact) mass is 222 g/mol. The SMILES string of the molecule is CC#CC(C)(O)C(C)CCCCCC=CC. The maximum absolute atomic E-state index is 10.0. The van der Waals surface area contributed by atoms with Crippen LogP contribution >= 0.6 is 0 Å². The van der Waals surface area contributed by atoms with E-state index in [0.29, 0.717) is 0 Å². The van der Waals surface area contributed by atoms with Crippen molar-refractivity contribution in [2.45, 2.75) is 65.4 Å². The highest BCUT2D eigenvalue weighted by Crippen LogP contribution is 2.22. The molecule has 0 bridgehead atoms. The van der Waals surface area contributed by atoms with Gasteiger partial charge < -0.3 is 5.11 Å². The molecule has 2 atom stereocenters. The molecule has 0 aliphatic carbocycles. The van der Waals surface area contributed by atoms with Gasteiger partial charge in [-0.1, -0.05) is 37.8 Å². The van der Waals surface area contributed by atoms with Crippen molar-refractivity contribution in [1.82, 2.24) is 0 Å². The van der Waals surface area contributed by atoms with Gasteiger partial charge in [0.25, 0.3) is 0 Å². The summed E-state index contributed by atoms with van der Waals surface area (Å²) < 4.78 is 0. The predicted octanol–water partition coefficient (Wildman–Crippen LogP) is 3.92. The number of aliphatic hydroxyl groups is 1. The molecule has 0 aromatic carbocycles. The highest BCUT2D eigenvalue weighted by molar-refractivity contribution is 5.11. The van der Waals surface area contributed by atoms with Crippen LogP contribution in [0.25, 0.3) is 0 Å². The van der Waals surface area contributed by atoms with E-state index < -0.39 is 5.60 Å². The van der Waals surface area contributed by atoms with Crippen LogP contribution < -0.4 is 0 Å². The van der Waals surface area contributed by atoms with E-state index in [1.807, 2.05) is 6.92 Å². The van der Waals surface area contributed by atoms with Crippen LogP contribution in [0.15, 0.2) is 12.2 Å². The zero-order chi connectivity index (χ0) is 12.4.